The molecule has 22 heavy (non-hydrogen) atoms. The zero-order chi connectivity index (χ0) is 15.5. The monoisotopic (exact) mass is 298 g/mol. The molecule has 5 heteroatoms. The van der Waals surface area contributed by atoms with Crippen molar-refractivity contribution in [2.75, 3.05) is 0 Å². The predicted molar refractivity (Wildman–Crippen MR) is 83.0 cm³/mol. The van der Waals surface area contributed by atoms with Crippen molar-refractivity contribution < 1.29 is 9.90 Å². The molecule has 5 nitrogen and oxygen atoms in total. The summed E-state index contributed by atoms with van der Waals surface area (Å²) >= 11 is 0. The van der Waals surface area contributed by atoms with Gasteiger partial charge in [-0.05, 0) is 42.5 Å². The summed E-state index contributed by atoms with van der Waals surface area (Å²) in [5, 5.41) is 12.4. The summed E-state index contributed by atoms with van der Waals surface area (Å²) in [4.78, 5) is 25.1. The third-order valence-corrected chi connectivity index (χ3v) is 4.09. The second kappa shape index (κ2) is 6.15. The number of hydrogen-bond donors (Lipinski definition) is 3. The molecule has 0 fully saturated rings. The minimum atomic E-state index is -0.912. The van der Waals surface area contributed by atoms with E-state index >= 15 is 0 Å². The Morgan fingerprint density at radius 3 is 2.73 bits per heavy atom. The highest BCUT2D eigenvalue weighted by Crippen LogP contribution is 2.27. The van der Waals surface area contributed by atoms with Crippen molar-refractivity contribution in [3.05, 3.63) is 69.1 Å². The summed E-state index contributed by atoms with van der Waals surface area (Å²) in [5.74, 6) is -0.912. The van der Waals surface area contributed by atoms with E-state index in [4.69, 9.17) is 5.11 Å². The molecular formula is C17H18N2O3. The second-order valence-corrected chi connectivity index (χ2v) is 5.58. The van der Waals surface area contributed by atoms with E-state index in [9.17, 15) is 9.59 Å². The summed E-state index contributed by atoms with van der Waals surface area (Å²) in [6, 6.07) is 10.6. The summed E-state index contributed by atoms with van der Waals surface area (Å²) in [5.41, 5.74) is 3.47. The SMILES string of the molecule is O=C(O)c1ccc(CNC2CCCc3[nH]c(=O)ccc32)cc1. The smallest absolute Gasteiger partial charge is 0.335 e. The Kier molecular flexibility index (Phi) is 4.06. The summed E-state index contributed by atoms with van der Waals surface area (Å²) in [6.45, 7) is 0.670. The van der Waals surface area contributed by atoms with Crippen LogP contribution in [0.3, 0.4) is 0 Å². The highest BCUT2D eigenvalue weighted by atomic mass is 16.4. The largest absolute Gasteiger partial charge is 0.478 e. The van der Waals surface area contributed by atoms with Crippen LogP contribution in [-0.2, 0) is 13.0 Å². The average Bonchev–Trinajstić information content (AvgIpc) is 2.52. The van der Waals surface area contributed by atoms with Crippen LogP contribution in [0.2, 0.25) is 0 Å². The van der Waals surface area contributed by atoms with Gasteiger partial charge in [-0.1, -0.05) is 18.2 Å². The van der Waals surface area contributed by atoms with E-state index in [1.165, 1.54) is 0 Å². The summed E-state index contributed by atoms with van der Waals surface area (Å²) in [7, 11) is 0. The molecule has 0 amide bonds. The fraction of sp³-hybridized carbons (Fsp3) is 0.294. The molecule has 0 saturated carbocycles. The molecule has 0 bridgehead atoms. The number of benzene rings is 1. The van der Waals surface area contributed by atoms with E-state index in [1.54, 1.807) is 18.2 Å². The molecule has 0 saturated heterocycles. The van der Waals surface area contributed by atoms with Gasteiger partial charge in [-0.25, -0.2) is 4.79 Å². The maximum absolute atomic E-state index is 11.4. The molecule has 2 aromatic rings. The predicted octanol–water partition coefficient (Wildman–Crippen LogP) is 2.24. The lowest BCUT2D eigenvalue weighted by Gasteiger charge is -2.26. The number of hydrogen-bond acceptors (Lipinski definition) is 3. The van der Waals surface area contributed by atoms with Gasteiger partial charge < -0.3 is 15.4 Å². The molecule has 3 rings (SSSR count). The molecule has 0 aliphatic heterocycles. The van der Waals surface area contributed by atoms with Crippen LogP contribution in [-0.4, -0.2) is 16.1 Å². The van der Waals surface area contributed by atoms with Crippen molar-refractivity contribution in [3.63, 3.8) is 0 Å². The molecule has 0 spiro atoms. The average molecular weight is 298 g/mol. The standard InChI is InChI=1S/C17H18N2O3/c20-16-9-8-13-14(2-1-3-15(13)19-16)18-10-11-4-6-12(7-5-11)17(21)22/h4-9,14,18H,1-3,10H2,(H,19,20)(H,21,22). The first-order valence-corrected chi connectivity index (χ1v) is 7.41. The molecule has 1 aliphatic carbocycles. The first-order chi connectivity index (χ1) is 10.6. The van der Waals surface area contributed by atoms with Gasteiger partial charge in [-0.15, -0.1) is 0 Å². The Morgan fingerprint density at radius 2 is 2.00 bits per heavy atom. The van der Waals surface area contributed by atoms with Gasteiger partial charge >= 0.3 is 5.97 Å². The Morgan fingerprint density at radius 1 is 1.23 bits per heavy atom. The summed E-state index contributed by atoms with van der Waals surface area (Å²) < 4.78 is 0. The maximum Gasteiger partial charge on any atom is 0.335 e. The van der Waals surface area contributed by atoms with Gasteiger partial charge in [0.1, 0.15) is 0 Å². The Hall–Kier alpha value is -2.40. The van der Waals surface area contributed by atoms with Crippen LogP contribution in [0.4, 0.5) is 0 Å². The molecule has 1 aromatic heterocycles. The van der Waals surface area contributed by atoms with E-state index in [1.807, 2.05) is 18.2 Å². The third kappa shape index (κ3) is 3.09. The Bertz CT molecular complexity index is 734. The zero-order valence-corrected chi connectivity index (χ0v) is 12.1. The second-order valence-electron chi connectivity index (χ2n) is 5.58. The molecule has 0 radical (unpaired) electrons. The van der Waals surface area contributed by atoms with E-state index < -0.39 is 5.97 Å². The molecule has 1 aromatic carbocycles. The van der Waals surface area contributed by atoms with Gasteiger partial charge in [0.15, 0.2) is 0 Å². The molecule has 1 aliphatic rings. The first kappa shape index (κ1) is 14.5. The van der Waals surface area contributed by atoms with Crippen LogP contribution < -0.4 is 10.9 Å². The number of aryl methyl sites for hydroxylation is 1. The molecule has 1 unspecified atom stereocenters. The highest BCUT2D eigenvalue weighted by molar-refractivity contribution is 5.87. The maximum atomic E-state index is 11.4. The van der Waals surface area contributed by atoms with Crippen molar-refractivity contribution in [2.24, 2.45) is 0 Å². The fourth-order valence-electron chi connectivity index (χ4n) is 2.92. The molecule has 1 atom stereocenters. The quantitative estimate of drug-likeness (QED) is 0.808. The Balaban J connectivity index is 1.70. The molecule has 1 heterocycles. The topological polar surface area (TPSA) is 82.2 Å². The van der Waals surface area contributed by atoms with Gasteiger partial charge in [0.05, 0.1) is 5.56 Å². The van der Waals surface area contributed by atoms with E-state index in [2.05, 4.69) is 10.3 Å². The van der Waals surface area contributed by atoms with E-state index in [-0.39, 0.29) is 11.6 Å². The number of aromatic amines is 1. The van der Waals surface area contributed by atoms with Gasteiger partial charge in [0.2, 0.25) is 5.56 Å². The number of H-pyrrole nitrogens is 1. The zero-order valence-electron chi connectivity index (χ0n) is 12.1. The number of carbonyl (C=O) groups is 1. The van der Waals surface area contributed by atoms with Crippen LogP contribution in [0.1, 0.15) is 46.1 Å². The van der Waals surface area contributed by atoms with Crippen molar-refractivity contribution in [1.82, 2.24) is 10.3 Å². The van der Waals surface area contributed by atoms with Crippen molar-refractivity contribution in [1.29, 1.82) is 0 Å². The lowest BCUT2D eigenvalue weighted by atomic mass is 9.91. The van der Waals surface area contributed by atoms with Crippen molar-refractivity contribution in [3.8, 4) is 0 Å². The van der Waals surface area contributed by atoms with Crippen LogP contribution in [0, 0.1) is 0 Å². The van der Waals surface area contributed by atoms with Crippen molar-refractivity contribution >= 4 is 5.97 Å². The van der Waals surface area contributed by atoms with Gasteiger partial charge in [-0.2, -0.15) is 0 Å². The number of carboxylic acids is 1. The number of aromatic carboxylic acids is 1. The van der Waals surface area contributed by atoms with Gasteiger partial charge in [0.25, 0.3) is 0 Å². The third-order valence-electron chi connectivity index (χ3n) is 4.09. The first-order valence-electron chi connectivity index (χ1n) is 7.41. The van der Waals surface area contributed by atoms with E-state index in [0.717, 1.165) is 36.1 Å². The lowest BCUT2D eigenvalue weighted by molar-refractivity contribution is 0.0697. The fourth-order valence-corrected chi connectivity index (χ4v) is 2.92. The van der Waals surface area contributed by atoms with Crippen LogP contribution in [0.5, 0.6) is 0 Å². The minimum Gasteiger partial charge on any atom is -0.478 e. The number of carboxylic acid groups (broad SMARTS) is 1. The summed E-state index contributed by atoms with van der Waals surface area (Å²) in [6.07, 6.45) is 2.99. The Labute approximate surface area is 128 Å². The van der Waals surface area contributed by atoms with E-state index in [0.29, 0.717) is 12.1 Å². The molecule has 114 valence electrons. The van der Waals surface area contributed by atoms with Crippen LogP contribution in [0.15, 0.2) is 41.2 Å². The van der Waals surface area contributed by atoms with Crippen LogP contribution in [0.25, 0.3) is 0 Å². The highest BCUT2D eigenvalue weighted by Gasteiger charge is 2.20. The molecule has 3 N–H and O–H groups in total. The molecular weight excluding hydrogens is 280 g/mol. The number of pyridine rings is 1. The lowest BCUT2D eigenvalue weighted by Crippen LogP contribution is -2.27. The number of rotatable bonds is 4. The van der Waals surface area contributed by atoms with Crippen LogP contribution >= 0.6 is 0 Å². The number of fused-ring (bicyclic) bond motifs is 1. The minimum absolute atomic E-state index is 0.0522. The van der Waals surface area contributed by atoms with Gasteiger partial charge in [-0.3, -0.25) is 4.79 Å². The normalized spacial score (nSPS) is 17.0. The van der Waals surface area contributed by atoms with Crippen molar-refractivity contribution in [2.45, 2.75) is 31.8 Å². The number of nitrogens with one attached hydrogen (secondary N) is 2. The van der Waals surface area contributed by atoms with Gasteiger partial charge in [0, 0.05) is 24.3 Å². The number of aromatic nitrogens is 1.